The Balaban J connectivity index is 2.82. The van der Waals surface area contributed by atoms with Crippen molar-refractivity contribution in [1.82, 2.24) is 4.57 Å². The number of aryl methyl sites for hydroxylation is 1. The van der Waals surface area contributed by atoms with E-state index < -0.39 is 0 Å². The van der Waals surface area contributed by atoms with Crippen LogP contribution in [-0.2, 0) is 12.3 Å². The van der Waals surface area contributed by atoms with Gasteiger partial charge in [0.15, 0.2) is 0 Å². The van der Waals surface area contributed by atoms with Gasteiger partial charge < -0.3 is 4.57 Å². The maximum atomic E-state index is 4.35. The number of thiol groups is 1. The first kappa shape index (κ1) is 10.1. The monoisotopic (exact) mass is 269 g/mol. The van der Waals surface area contributed by atoms with E-state index in [1.165, 1.54) is 16.5 Å². The molecule has 0 bridgehead atoms. The van der Waals surface area contributed by atoms with Crippen molar-refractivity contribution in [3.63, 3.8) is 0 Å². The first-order chi connectivity index (χ1) is 6.77. The van der Waals surface area contributed by atoms with Crippen molar-refractivity contribution in [2.45, 2.75) is 19.2 Å². The second kappa shape index (κ2) is 3.99. The SMILES string of the molecule is CCn1cc(CS)c2c(Br)cccc21. The molecule has 0 radical (unpaired) electrons. The van der Waals surface area contributed by atoms with Crippen molar-refractivity contribution in [1.29, 1.82) is 0 Å². The number of benzene rings is 1. The Labute approximate surface area is 97.6 Å². The fourth-order valence-corrected chi connectivity index (χ4v) is 2.62. The Hall–Kier alpha value is -0.410. The molecule has 1 heterocycles. The van der Waals surface area contributed by atoms with Gasteiger partial charge in [-0.15, -0.1) is 0 Å². The lowest BCUT2D eigenvalue weighted by molar-refractivity contribution is 0.795. The Morgan fingerprint density at radius 3 is 2.86 bits per heavy atom. The lowest BCUT2D eigenvalue weighted by atomic mass is 10.2. The number of nitrogens with zero attached hydrogens (tertiary/aromatic N) is 1. The lowest BCUT2D eigenvalue weighted by Crippen LogP contribution is -1.89. The lowest BCUT2D eigenvalue weighted by Gasteiger charge is -2.00. The predicted molar refractivity (Wildman–Crippen MR) is 68.0 cm³/mol. The summed E-state index contributed by atoms with van der Waals surface area (Å²) in [5.41, 5.74) is 2.57. The van der Waals surface area contributed by atoms with Gasteiger partial charge >= 0.3 is 0 Å². The van der Waals surface area contributed by atoms with Gasteiger partial charge in [-0.1, -0.05) is 22.0 Å². The predicted octanol–water partition coefficient (Wildman–Crippen LogP) is 3.85. The highest BCUT2D eigenvalue weighted by molar-refractivity contribution is 9.10. The molecule has 0 N–H and O–H groups in total. The fraction of sp³-hybridized carbons (Fsp3) is 0.273. The molecule has 0 saturated carbocycles. The quantitative estimate of drug-likeness (QED) is 0.791. The van der Waals surface area contributed by atoms with Gasteiger partial charge in [-0.2, -0.15) is 12.6 Å². The topological polar surface area (TPSA) is 4.93 Å². The van der Waals surface area contributed by atoms with Crippen molar-refractivity contribution in [2.24, 2.45) is 0 Å². The van der Waals surface area contributed by atoms with Crippen molar-refractivity contribution < 1.29 is 0 Å². The van der Waals surface area contributed by atoms with Gasteiger partial charge in [-0.3, -0.25) is 0 Å². The third-order valence-corrected chi connectivity index (χ3v) is 3.45. The first-order valence-electron chi connectivity index (χ1n) is 4.65. The van der Waals surface area contributed by atoms with E-state index in [0.29, 0.717) is 0 Å². The first-order valence-corrected chi connectivity index (χ1v) is 6.07. The summed E-state index contributed by atoms with van der Waals surface area (Å²) >= 11 is 7.94. The van der Waals surface area contributed by atoms with Crippen LogP contribution in [0.2, 0.25) is 0 Å². The molecule has 1 nitrogen and oxygen atoms in total. The van der Waals surface area contributed by atoms with Crippen LogP contribution in [0, 0.1) is 0 Å². The normalized spacial score (nSPS) is 11.1. The highest BCUT2D eigenvalue weighted by Gasteiger charge is 2.08. The molecular formula is C11H12BrNS. The number of hydrogen-bond donors (Lipinski definition) is 1. The molecule has 2 aromatic rings. The zero-order chi connectivity index (χ0) is 10.1. The maximum Gasteiger partial charge on any atom is 0.0494 e. The van der Waals surface area contributed by atoms with Crippen LogP contribution in [0.4, 0.5) is 0 Å². The summed E-state index contributed by atoms with van der Waals surface area (Å²) in [7, 11) is 0. The molecule has 0 saturated heterocycles. The van der Waals surface area contributed by atoms with E-state index in [2.05, 4.69) is 64.4 Å². The van der Waals surface area contributed by atoms with Crippen molar-refractivity contribution in [2.75, 3.05) is 0 Å². The third-order valence-electron chi connectivity index (χ3n) is 2.44. The van der Waals surface area contributed by atoms with Crippen LogP contribution in [-0.4, -0.2) is 4.57 Å². The van der Waals surface area contributed by atoms with Crippen LogP contribution < -0.4 is 0 Å². The molecule has 1 aromatic heterocycles. The molecular weight excluding hydrogens is 258 g/mol. The van der Waals surface area contributed by atoms with Crippen molar-refractivity contribution >= 4 is 39.5 Å². The molecule has 0 amide bonds. The summed E-state index contributed by atoms with van der Waals surface area (Å²) in [6, 6.07) is 6.30. The highest BCUT2D eigenvalue weighted by atomic mass is 79.9. The fourth-order valence-electron chi connectivity index (χ4n) is 1.77. The van der Waals surface area contributed by atoms with Gasteiger partial charge in [0.05, 0.1) is 0 Å². The second-order valence-corrected chi connectivity index (χ2v) is 4.40. The van der Waals surface area contributed by atoms with Crippen LogP contribution in [0.5, 0.6) is 0 Å². The van der Waals surface area contributed by atoms with E-state index in [9.17, 15) is 0 Å². The Bertz CT molecular complexity index is 462. The minimum atomic E-state index is 0.784. The number of rotatable bonds is 2. The molecule has 3 heteroatoms. The minimum Gasteiger partial charge on any atom is -0.347 e. The molecule has 0 unspecified atom stereocenters. The molecule has 14 heavy (non-hydrogen) atoms. The van der Waals surface area contributed by atoms with Crippen LogP contribution in [0.15, 0.2) is 28.9 Å². The molecule has 0 atom stereocenters. The van der Waals surface area contributed by atoms with Crippen molar-refractivity contribution in [3.05, 3.63) is 34.4 Å². The third kappa shape index (κ3) is 1.48. The Morgan fingerprint density at radius 2 is 2.21 bits per heavy atom. The number of hydrogen-bond acceptors (Lipinski definition) is 1. The molecule has 0 aliphatic carbocycles. The van der Waals surface area contributed by atoms with E-state index in [1.807, 2.05) is 0 Å². The van der Waals surface area contributed by atoms with Crippen LogP contribution in [0.1, 0.15) is 12.5 Å². The van der Waals surface area contributed by atoms with Crippen LogP contribution >= 0.6 is 28.6 Å². The molecule has 74 valence electrons. The smallest absolute Gasteiger partial charge is 0.0494 e. The number of aromatic nitrogens is 1. The van der Waals surface area contributed by atoms with E-state index in [1.54, 1.807) is 0 Å². The van der Waals surface area contributed by atoms with Gasteiger partial charge in [-0.25, -0.2) is 0 Å². The van der Waals surface area contributed by atoms with Crippen LogP contribution in [0.3, 0.4) is 0 Å². The summed E-state index contributed by atoms with van der Waals surface area (Å²) < 4.78 is 3.41. The van der Waals surface area contributed by atoms with Gasteiger partial charge in [0, 0.05) is 33.9 Å². The summed E-state index contributed by atoms with van der Waals surface area (Å²) in [6.45, 7) is 3.16. The largest absolute Gasteiger partial charge is 0.347 e. The summed E-state index contributed by atoms with van der Waals surface area (Å²) in [5, 5.41) is 1.30. The highest BCUT2D eigenvalue weighted by Crippen LogP contribution is 2.29. The zero-order valence-electron chi connectivity index (χ0n) is 8.00. The van der Waals surface area contributed by atoms with E-state index in [0.717, 1.165) is 16.8 Å². The summed E-state index contributed by atoms with van der Waals surface area (Å²) in [4.78, 5) is 0. The van der Waals surface area contributed by atoms with Gasteiger partial charge in [0.25, 0.3) is 0 Å². The van der Waals surface area contributed by atoms with Crippen LogP contribution in [0.25, 0.3) is 10.9 Å². The standard InChI is InChI=1S/C11H12BrNS/c1-2-13-6-8(7-14)11-9(12)4-3-5-10(11)13/h3-6,14H,2,7H2,1H3. The number of halogens is 1. The maximum absolute atomic E-state index is 4.35. The minimum absolute atomic E-state index is 0.784. The van der Waals surface area contributed by atoms with Gasteiger partial charge in [0.2, 0.25) is 0 Å². The number of fused-ring (bicyclic) bond motifs is 1. The van der Waals surface area contributed by atoms with E-state index in [-0.39, 0.29) is 0 Å². The average molecular weight is 270 g/mol. The van der Waals surface area contributed by atoms with E-state index in [4.69, 9.17) is 0 Å². The summed E-state index contributed by atoms with van der Waals surface area (Å²) in [6.07, 6.45) is 2.18. The molecule has 0 aliphatic heterocycles. The van der Waals surface area contributed by atoms with E-state index >= 15 is 0 Å². The zero-order valence-corrected chi connectivity index (χ0v) is 10.5. The molecule has 1 aromatic carbocycles. The Kier molecular flexibility index (Phi) is 2.88. The van der Waals surface area contributed by atoms with Gasteiger partial charge in [-0.05, 0) is 24.6 Å². The average Bonchev–Trinajstić information content (AvgIpc) is 2.57. The summed E-state index contributed by atoms with van der Waals surface area (Å²) in [5.74, 6) is 0.784. The van der Waals surface area contributed by atoms with Crippen molar-refractivity contribution in [3.8, 4) is 0 Å². The molecule has 0 spiro atoms. The molecule has 2 rings (SSSR count). The van der Waals surface area contributed by atoms with Gasteiger partial charge in [0.1, 0.15) is 0 Å². The molecule has 0 fully saturated rings. The Morgan fingerprint density at radius 1 is 1.43 bits per heavy atom. The molecule has 0 aliphatic rings. The second-order valence-electron chi connectivity index (χ2n) is 3.23.